The SMILES string of the molecule is CNC(c1cc(Cl)cc(Br)c1)C1CCCC1. The van der Waals surface area contributed by atoms with E-state index in [0.717, 1.165) is 15.4 Å². The van der Waals surface area contributed by atoms with Crippen LogP contribution in [0.5, 0.6) is 0 Å². The van der Waals surface area contributed by atoms with Crippen LogP contribution in [0.2, 0.25) is 5.02 Å². The van der Waals surface area contributed by atoms with E-state index in [4.69, 9.17) is 11.6 Å². The molecule has 1 unspecified atom stereocenters. The fraction of sp³-hybridized carbons (Fsp3) is 0.538. The number of hydrogen-bond donors (Lipinski definition) is 1. The molecule has 0 amide bonds. The van der Waals surface area contributed by atoms with Crippen LogP contribution in [-0.2, 0) is 0 Å². The van der Waals surface area contributed by atoms with E-state index in [9.17, 15) is 0 Å². The highest BCUT2D eigenvalue weighted by Gasteiger charge is 2.25. The van der Waals surface area contributed by atoms with Crippen molar-refractivity contribution in [3.05, 3.63) is 33.3 Å². The third-order valence-electron chi connectivity index (χ3n) is 3.43. The second-order valence-corrected chi connectivity index (χ2v) is 5.87. The molecule has 0 heterocycles. The first-order chi connectivity index (χ1) is 7.70. The summed E-state index contributed by atoms with van der Waals surface area (Å²) >= 11 is 9.61. The fourth-order valence-electron chi connectivity index (χ4n) is 2.72. The minimum atomic E-state index is 0.442. The average Bonchev–Trinajstić information content (AvgIpc) is 2.70. The molecule has 1 nitrogen and oxygen atoms in total. The van der Waals surface area contributed by atoms with E-state index in [1.54, 1.807) is 0 Å². The molecule has 1 saturated carbocycles. The van der Waals surface area contributed by atoms with E-state index in [2.05, 4.69) is 33.4 Å². The summed E-state index contributed by atoms with van der Waals surface area (Å²) in [7, 11) is 2.04. The molecule has 0 spiro atoms. The van der Waals surface area contributed by atoms with Gasteiger partial charge in [0.25, 0.3) is 0 Å². The number of halogens is 2. The van der Waals surface area contributed by atoms with E-state index < -0.39 is 0 Å². The number of benzene rings is 1. The summed E-state index contributed by atoms with van der Waals surface area (Å²) in [6, 6.07) is 6.63. The first-order valence-corrected chi connectivity index (χ1v) is 7.01. The molecule has 16 heavy (non-hydrogen) atoms. The lowest BCUT2D eigenvalue weighted by atomic mass is 9.92. The summed E-state index contributed by atoms with van der Waals surface area (Å²) < 4.78 is 1.06. The quantitative estimate of drug-likeness (QED) is 0.863. The van der Waals surface area contributed by atoms with Crippen LogP contribution in [0.3, 0.4) is 0 Å². The van der Waals surface area contributed by atoms with Crippen molar-refractivity contribution in [1.82, 2.24) is 5.32 Å². The monoisotopic (exact) mass is 301 g/mol. The van der Waals surface area contributed by atoms with Gasteiger partial charge in [0, 0.05) is 15.5 Å². The summed E-state index contributed by atoms with van der Waals surface area (Å²) in [6.07, 6.45) is 5.39. The summed E-state index contributed by atoms with van der Waals surface area (Å²) in [5.41, 5.74) is 1.30. The average molecular weight is 303 g/mol. The van der Waals surface area contributed by atoms with Gasteiger partial charge < -0.3 is 5.32 Å². The van der Waals surface area contributed by atoms with E-state index in [1.807, 2.05) is 13.1 Å². The van der Waals surface area contributed by atoms with Gasteiger partial charge in [-0.25, -0.2) is 0 Å². The van der Waals surface area contributed by atoms with E-state index >= 15 is 0 Å². The van der Waals surface area contributed by atoms with Crippen LogP contribution in [0.1, 0.15) is 37.3 Å². The number of hydrogen-bond acceptors (Lipinski definition) is 1. The Morgan fingerprint density at radius 1 is 1.31 bits per heavy atom. The highest BCUT2D eigenvalue weighted by atomic mass is 79.9. The van der Waals surface area contributed by atoms with Gasteiger partial charge in [0.15, 0.2) is 0 Å². The van der Waals surface area contributed by atoms with Gasteiger partial charge >= 0.3 is 0 Å². The topological polar surface area (TPSA) is 12.0 Å². The third-order valence-corrected chi connectivity index (χ3v) is 4.10. The van der Waals surface area contributed by atoms with Crippen molar-refractivity contribution in [2.75, 3.05) is 7.05 Å². The second kappa shape index (κ2) is 5.52. The van der Waals surface area contributed by atoms with Gasteiger partial charge in [0.2, 0.25) is 0 Å². The normalized spacial score (nSPS) is 18.9. The number of nitrogens with one attached hydrogen (secondary N) is 1. The van der Waals surface area contributed by atoms with Gasteiger partial charge in [-0.3, -0.25) is 0 Å². The molecule has 0 aromatic heterocycles. The van der Waals surface area contributed by atoms with Crippen LogP contribution in [0.4, 0.5) is 0 Å². The summed E-state index contributed by atoms with van der Waals surface area (Å²) in [5.74, 6) is 0.760. The van der Waals surface area contributed by atoms with Crippen LogP contribution < -0.4 is 5.32 Å². The van der Waals surface area contributed by atoms with E-state index in [0.29, 0.717) is 6.04 Å². The predicted molar refractivity (Wildman–Crippen MR) is 72.9 cm³/mol. The van der Waals surface area contributed by atoms with Gasteiger partial charge in [-0.1, -0.05) is 40.4 Å². The van der Waals surface area contributed by atoms with E-state index in [-0.39, 0.29) is 0 Å². The second-order valence-electron chi connectivity index (χ2n) is 4.51. The van der Waals surface area contributed by atoms with E-state index in [1.165, 1.54) is 31.2 Å². The lowest BCUT2D eigenvalue weighted by molar-refractivity contribution is 0.390. The predicted octanol–water partition coefficient (Wildman–Crippen LogP) is 4.55. The lowest BCUT2D eigenvalue weighted by Crippen LogP contribution is -2.23. The molecule has 1 aliphatic rings. The standard InChI is InChI=1S/C13H17BrClN/c1-16-13(9-4-2-3-5-9)10-6-11(14)8-12(15)7-10/h6-9,13,16H,2-5H2,1H3. The zero-order valence-electron chi connectivity index (χ0n) is 9.47. The summed E-state index contributed by atoms with van der Waals surface area (Å²) in [6.45, 7) is 0. The molecular weight excluding hydrogens is 286 g/mol. The Morgan fingerprint density at radius 3 is 2.56 bits per heavy atom. The molecule has 0 saturated heterocycles. The minimum absolute atomic E-state index is 0.442. The Kier molecular flexibility index (Phi) is 4.28. The Balaban J connectivity index is 2.24. The zero-order valence-corrected chi connectivity index (χ0v) is 11.8. The molecule has 3 heteroatoms. The van der Waals surface area contributed by atoms with Crippen molar-refractivity contribution in [2.45, 2.75) is 31.7 Å². The maximum atomic E-state index is 6.10. The van der Waals surface area contributed by atoms with Gasteiger partial charge in [0.05, 0.1) is 0 Å². The molecule has 2 rings (SSSR count). The molecule has 88 valence electrons. The highest BCUT2D eigenvalue weighted by Crippen LogP contribution is 2.37. The maximum absolute atomic E-state index is 6.10. The molecule has 1 aliphatic carbocycles. The highest BCUT2D eigenvalue weighted by molar-refractivity contribution is 9.10. The molecule has 1 aromatic rings. The summed E-state index contributed by atoms with van der Waals surface area (Å²) in [5, 5.41) is 4.24. The minimum Gasteiger partial charge on any atom is -0.313 e. The first-order valence-electron chi connectivity index (χ1n) is 5.84. The zero-order chi connectivity index (χ0) is 11.5. The Bertz CT molecular complexity index is 341. The fourth-order valence-corrected chi connectivity index (χ4v) is 3.61. The lowest BCUT2D eigenvalue weighted by Gasteiger charge is -2.23. The van der Waals surface area contributed by atoms with Gasteiger partial charge in [-0.2, -0.15) is 0 Å². The van der Waals surface area contributed by atoms with Crippen LogP contribution >= 0.6 is 27.5 Å². The van der Waals surface area contributed by atoms with Crippen LogP contribution in [-0.4, -0.2) is 7.05 Å². The maximum Gasteiger partial charge on any atom is 0.0420 e. The van der Waals surface area contributed by atoms with Gasteiger partial charge in [0.1, 0.15) is 0 Å². The Morgan fingerprint density at radius 2 is 2.00 bits per heavy atom. The van der Waals surface area contributed by atoms with Crippen molar-refractivity contribution in [1.29, 1.82) is 0 Å². The van der Waals surface area contributed by atoms with Gasteiger partial charge in [-0.05, 0) is 49.6 Å². The third kappa shape index (κ3) is 2.79. The van der Waals surface area contributed by atoms with Crippen molar-refractivity contribution in [3.8, 4) is 0 Å². The molecule has 1 atom stereocenters. The van der Waals surface area contributed by atoms with Crippen molar-refractivity contribution in [3.63, 3.8) is 0 Å². The largest absolute Gasteiger partial charge is 0.313 e. The molecule has 1 N–H and O–H groups in total. The van der Waals surface area contributed by atoms with Crippen molar-refractivity contribution >= 4 is 27.5 Å². The molecule has 1 fully saturated rings. The van der Waals surface area contributed by atoms with Crippen molar-refractivity contribution in [2.24, 2.45) is 5.92 Å². The smallest absolute Gasteiger partial charge is 0.0420 e. The Hall–Kier alpha value is -0.0500. The first kappa shape index (κ1) is 12.4. The van der Waals surface area contributed by atoms with Crippen LogP contribution in [0, 0.1) is 5.92 Å². The molecule has 0 aliphatic heterocycles. The molecule has 1 aromatic carbocycles. The molecule has 0 radical (unpaired) electrons. The summed E-state index contributed by atoms with van der Waals surface area (Å²) in [4.78, 5) is 0. The molecular formula is C13H17BrClN. The van der Waals surface area contributed by atoms with Crippen molar-refractivity contribution < 1.29 is 0 Å². The molecule has 0 bridgehead atoms. The van der Waals surface area contributed by atoms with Crippen LogP contribution in [0.15, 0.2) is 22.7 Å². The number of rotatable bonds is 3. The van der Waals surface area contributed by atoms with Gasteiger partial charge in [-0.15, -0.1) is 0 Å². The van der Waals surface area contributed by atoms with Crippen LogP contribution in [0.25, 0.3) is 0 Å². The Labute approximate surface area is 111 Å².